The summed E-state index contributed by atoms with van der Waals surface area (Å²) < 4.78 is 2.62. The minimum atomic E-state index is 1.13. The third-order valence-corrected chi connectivity index (χ3v) is 11.4. The molecule has 10 rings (SSSR count). The highest BCUT2D eigenvalue weighted by Gasteiger charge is 2.19. The molecule has 1 nitrogen and oxygen atoms in total. The third kappa shape index (κ3) is 5.42. The molecule has 0 amide bonds. The lowest BCUT2D eigenvalue weighted by Gasteiger charge is -2.28. The molecule has 52 heavy (non-hydrogen) atoms. The quantitative estimate of drug-likeness (QED) is 0.169. The van der Waals surface area contributed by atoms with E-state index in [1.807, 2.05) is 11.3 Å². The van der Waals surface area contributed by atoms with Crippen molar-refractivity contribution in [2.75, 3.05) is 4.90 Å². The van der Waals surface area contributed by atoms with Gasteiger partial charge in [0.25, 0.3) is 0 Å². The first-order chi connectivity index (χ1) is 25.7. The smallest absolute Gasteiger partial charge is 0.0540 e. The van der Waals surface area contributed by atoms with E-state index < -0.39 is 0 Å². The second-order valence-electron chi connectivity index (χ2n) is 13.4. The van der Waals surface area contributed by atoms with Gasteiger partial charge in [-0.2, -0.15) is 0 Å². The predicted octanol–water partition coefficient (Wildman–Crippen LogP) is 14.8. The number of hydrogen-bond donors (Lipinski definition) is 0. The summed E-state index contributed by atoms with van der Waals surface area (Å²) in [5, 5.41) is 7.53. The van der Waals surface area contributed by atoms with Crippen LogP contribution in [0.15, 0.2) is 200 Å². The van der Waals surface area contributed by atoms with Gasteiger partial charge in [-0.25, -0.2) is 0 Å². The molecule has 0 saturated heterocycles. The lowest BCUT2D eigenvalue weighted by Crippen LogP contribution is -2.11. The van der Waals surface area contributed by atoms with Crippen molar-refractivity contribution in [1.82, 2.24) is 0 Å². The van der Waals surface area contributed by atoms with Gasteiger partial charge in [0.05, 0.1) is 5.69 Å². The van der Waals surface area contributed by atoms with Crippen molar-refractivity contribution < 1.29 is 0 Å². The second-order valence-corrected chi connectivity index (χ2v) is 14.5. The minimum Gasteiger partial charge on any atom is -0.310 e. The van der Waals surface area contributed by atoms with Crippen molar-refractivity contribution >= 4 is 70.1 Å². The molecule has 0 fully saturated rings. The van der Waals surface area contributed by atoms with Crippen LogP contribution < -0.4 is 4.90 Å². The van der Waals surface area contributed by atoms with E-state index in [2.05, 4.69) is 205 Å². The van der Waals surface area contributed by atoms with Gasteiger partial charge < -0.3 is 4.90 Å². The highest BCUT2D eigenvalue weighted by atomic mass is 32.1. The van der Waals surface area contributed by atoms with Crippen LogP contribution in [0.4, 0.5) is 17.1 Å². The number of hydrogen-bond acceptors (Lipinski definition) is 2. The third-order valence-electron chi connectivity index (χ3n) is 10.2. The Morgan fingerprint density at radius 3 is 1.71 bits per heavy atom. The van der Waals surface area contributed by atoms with E-state index in [9.17, 15) is 0 Å². The van der Waals surface area contributed by atoms with Gasteiger partial charge in [-0.3, -0.25) is 0 Å². The second kappa shape index (κ2) is 12.7. The average Bonchev–Trinajstić information content (AvgIpc) is 3.59. The minimum absolute atomic E-state index is 1.13. The normalized spacial score (nSPS) is 11.5. The molecule has 0 N–H and O–H groups in total. The summed E-state index contributed by atoms with van der Waals surface area (Å²) in [4.78, 5) is 2.43. The molecule has 0 radical (unpaired) electrons. The van der Waals surface area contributed by atoms with Crippen molar-refractivity contribution in [1.29, 1.82) is 0 Å². The first-order valence-corrected chi connectivity index (χ1v) is 18.6. The Morgan fingerprint density at radius 2 is 0.865 bits per heavy atom. The summed E-state index contributed by atoms with van der Waals surface area (Å²) in [6.07, 6.45) is 0. The molecular weight excluding hydrogens is 647 g/mol. The Morgan fingerprint density at radius 1 is 0.308 bits per heavy atom. The molecule has 1 heterocycles. The largest absolute Gasteiger partial charge is 0.310 e. The van der Waals surface area contributed by atoms with E-state index in [1.54, 1.807) is 0 Å². The number of rotatable bonds is 6. The van der Waals surface area contributed by atoms with Crippen LogP contribution in [-0.4, -0.2) is 0 Å². The highest BCUT2D eigenvalue weighted by molar-refractivity contribution is 7.25. The van der Waals surface area contributed by atoms with E-state index >= 15 is 0 Å². The highest BCUT2D eigenvalue weighted by Crippen LogP contribution is 2.44. The number of thiophene rings is 1. The molecule has 0 aliphatic rings. The van der Waals surface area contributed by atoms with Crippen LogP contribution in [0.3, 0.4) is 0 Å². The van der Waals surface area contributed by atoms with E-state index in [0.29, 0.717) is 0 Å². The van der Waals surface area contributed by atoms with Crippen LogP contribution in [0.2, 0.25) is 0 Å². The van der Waals surface area contributed by atoms with Crippen molar-refractivity contribution in [3.05, 3.63) is 200 Å². The molecule has 244 valence electrons. The van der Waals surface area contributed by atoms with Crippen LogP contribution in [-0.2, 0) is 0 Å². The summed E-state index contributed by atoms with van der Waals surface area (Å²) in [7, 11) is 0. The molecule has 0 saturated carbocycles. The summed E-state index contributed by atoms with van der Waals surface area (Å²) in [5.74, 6) is 0. The summed E-state index contributed by atoms with van der Waals surface area (Å²) in [5.41, 5.74) is 10.7. The fourth-order valence-electron chi connectivity index (χ4n) is 7.61. The molecule has 10 aromatic rings. The first kappa shape index (κ1) is 30.4. The number of anilines is 3. The maximum absolute atomic E-state index is 2.43. The van der Waals surface area contributed by atoms with E-state index in [0.717, 1.165) is 17.1 Å². The number of para-hydroxylation sites is 1. The van der Waals surface area contributed by atoms with Crippen LogP contribution in [0.25, 0.3) is 75.1 Å². The van der Waals surface area contributed by atoms with Crippen molar-refractivity contribution in [2.45, 2.75) is 0 Å². The van der Waals surface area contributed by atoms with Gasteiger partial charge in [0, 0.05) is 37.1 Å². The molecule has 0 atom stereocenters. The SMILES string of the molecule is c1ccc(-c2ccccc2N(c2ccc3cc(-c4cccc(-c5ccc6ccccc6c5)c4)ccc3c2)c2ccc3sc4ccccc4c3c2)cc1. The molecule has 9 aromatic carbocycles. The van der Waals surface area contributed by atoms with Gasteiger partial charge in [0.15, 0.2) is 0 Å². The van der Waals surface area contributed by atoms with Crippen LogP contribution in [0, 0.1) is 0 Å². The van der Waals surface area contributed by atoms with Gasteiger partial charge in [0.2, 0.25) is 0 Å². The summed E-state index contributed by atoms with van der Waals surface area (Å²) in [6, 6.07) is 73.0. The van der Waals surface area contributed by atoms with Gasteiger partial charge in [-0.05, 0) is 110 Å². The van der Waals surface area contributed by atoms with Crippen LogP contribution in [0.1, 0.15) is 0 Å². The zero-order valence-corrected chi connectivity index (χ0v) is 29.2. The van der Waals surface area contributed by atoms with Gasteiger partial charge in [-0.1, -0.05) is 140 Å². The summed E-state index contributed by atoms with van der Waals surface area (Å²) >= 11 is 1.86. The Kier molecular flexibility index (Phi) is 7.41. The molecule has 0 aliphatic heterocycles. The molecule has 0 spiro atoms. The van der Waals surface area contributed by atoms with Crippen LogP contribution in [0.5, 0.6) is 0 Å². The first-order valence-electron chi connectivity index (χ1n) is 17.7. The Hall–Kier alpha value is -6.48. The Bertz CT molecular complexity index is 2920. The standard InChI is InChI=1S/C50H33NS/c1-2-12-35(13-3-1)45-17-6-8-19-48(45)51(44-27-28-50-47(33-44)46-18-7-9-20-49(46)52-50)43-26-25-41-31-40(23-24-42(41)32-43)38-16-10-15-37(30-38)39-22-21-34-11-4-5-14-36(34)29-39/h1-33H. The molecule has 0 unspecified atom stereocenters. The lowest BCUT2D eigenvalue weighted by molar-refractivity contribution is 1.29. The van der Waals surface area contributed by atoms with Crippen LogP contribution >= 0.6 is 11.3 Å². The fourth-order valence-corrected chi connectivity index (χ4v) is 8.70. The molecule has 0 aliphatic carbocycles. The Balaban J connectivity index is 1.08. The topological polar surface area (TPSA) is 3.24 Å². The van der Waals surface area contributed by atoms with E-state index in [-0.39, 0.29) is 0 Å². The molecule has 1 aromatic heterocycles. The maximum Gasteiger partial charge on any atom is 0.0540 e. The van der Waals surface area contributed by atoms with E-state index in [4.69, 9.17) is 0 Å². The molecular formula is C50H33NS. The zero-order valence-electron chi connectivity index (χ0n) is 28.4. The lowest BCUT2D eigenvalue weighted by atomic mass is 9.96. The van der Waals surface area contributed by atoms with Gasteiger partial charge in [-0.15, -0.1) is 11.3 Å². The number of nitrogens with zero attached hydrogens (tertiary/aromatic N) is 1. The number of benzene rings is 9. The molecule has 0 bridgehead atoms. The monoisotopic (exact) mass is 679 g/mol. The van der Waals surface area contributed by atoms with E-state index in [1.165, 1.54) is 75.1 Å². The summed E-state index contributed by atoms with van der Waals surface area (Å²) in [6.45, 7) is 0. The van der Waals surface area contributed by atoms with Crippen molar-refractivity contribution in [2.24, 2.45) is 0 Å². The predicted molar refractivity (Wildman–Crippen MR) is 225 cm³/mol. The van der Waals surface area contributed by atoms with Crippen molar-refractivity contribution in [3.63, 3.8) is 0 Å². The fraction of sp³-hybridized carbons (Fsp3) is 0. The maximum atomic E-state index is 2.43. The average molecular weight is 680 g/mol. The zero-order chi connectivity index (χ0) is 34.4. The van der Waals surface area contributed by atoms with Crippen molar-refractivity contribution in [3.8, 4) is 33.4 Å². The van der Waals surface area contributed by atoms with Gasteiger partial charge >= 0.3 is 0 Å². The molecule has 2 heteroatoms. The van der Waals surface area contributed by atoms with Gasteiger partial charge in [0.1, 0.15) is 0 Å². The Labute approximate surface area is 307 Å². The number of fused-ring (bicyclic) bond motifs is 5.